The van der Waals surface area contributed by atoms with Crippen molar-refractivity contribution in [3.8, 4) is 0 Å². The predicted octanol–water partition coefficient (Wildman–Crippen LogP) is 3.01. The molecule has 1 saturated heterocycles. The second-order valence-corrected chi connectivity index (χ2v) is 6.40. The highest BCUT2D eigenvalue weighted by Crippen LogP contribution is 2.33. The van der Waals surface area contributed by atoms with Crippen LogP contribution < -0.4 is 10.6 Å². The molecule has 3 rings (SSSR count). The van der Waals surface area contributed by atoms with Gasteiger partial charge in [-0.2, -0.15) is 0 Å². The van der Waals surface area contributed by atoms with Gasteiger partial charge in [-0.15, -0.1) is 0 Å². The number of imide groups is 1. The molecule has 1 heterocycles. The minimum Gasteiger partial charge on any atom is -0.325 e. The number of hydrogen-bond acceptors (Lipinski definition) is 3. The molecule has 140 valence electrons. The maximum absolute atomic E-state index is 13.1. The van der Waals surface area contributed by atoms with E-state index in [-0.39, 0.29) is 0 Å². The summed E-state index contributed by atoms with van der Waals surface area (Å²) in [6, 6.07) is 13.6. The number of anilines is 1. The van der Waals surface area contributed by atoms with Gasteiger partial charge in [0, 0.05) is 5.69 Å². The van der Waals surface area contributed by atoms with Crippen LogP contribution in [-0.2, 0) is 15.1 Å². The molecule has 0 aliphatic carbocycles. The van der Waals surface area contributed by atoms with E-state index in [0.717, 1.165) is 4.90 Å². The minimum atomic E-state index is -1.16. The summed E-state index contributed by atoms with van der Waals surface area (Å²) in [5, 5.41) is 5.33. The molecule has 1 aliphatic rings. The highest BCUT2D eigenvalue weighted by molar-refractivity contribution is 6.10. The van der Waals surface area contributed by atoms with Crippen molar-refractivity contribution in [1.82, 2.24) is 10.2 Å². The number of carbonyl (C=O) groups is 3. The Hall–Kier alpha value is -3.22. The van der Waals surface area contributed by atoms with Gasteiger partial charge in [-0.25, -0.2) is 9.18 Å². The van der Waals surface area contributed by atoms with E-state index in [2.05, 4.69) is 10.6 Å². The van der Waals surface area contributed by atoms with E-state index in [1.807, 2.05) is 13.0 Å². The van der Waals surface area contributed by atoms with E-state index in [1.54, 1.807) is 24.3 Å². The fraction of sp³-hybridized carbons (Fsp3) is 0.250. The number of benzene rings is 2. The van der Waals surface area contributed by atoms with Crippen LogP contribution in [0.4, 0.5) is 14.9 Å². The Morgan fingerprint density at radius 3 is 2.41 bits per heavy atom. The normalized spacial score (nSPS) is 19.1. The fourth-order valence-electron chi connectivity index (χ4n) is 3.25. The van der Waals surface area contributed by atoms with Crippen LogP contribution in [0.3, 0.4) is 0 Å². The third kappa shape index (κ3) is 3.67. The Balaban J connectivity index is 1.78. The van der Waals surface area contributed by atoms with E-state index >= 15 is 0 Å². The third-order valence-corrected chi connectivity index (χ3v) is 4.50. The van der Waals surface area contributed by atoms with Gasteiger partial charge in [-0.3, -0.25) is 14.5 Å². The van der Waals surface area contributed by atoms with Crippen LogP contribution in [0.5, 0.6) is 0 Å². The van der Waals surface area contributed by atoms with Crippen molar-refractivity contribution in [2.45, 2.75) is 25.3 Å². The summed E-state index contributed by atoms with van der Waals surface area (Å²) in [5.74, 6) is -1.41. The van der Waals surface area contributed by atoms with Crippen LogP contribution in [0.1, 0.15) is 25.3 Å². The molecule has 0 bridgehead atoms. The van der Waals surface area contributed by atoms with E-state index in [4.69, 9.17) is 0 Å². The zero-order valence-electron chi connectivity index (χ0n) is 14.9. The number of hydrogen-bond donors (Lipinski definition) is 2. The molecule has 27 heavy (non-hydrogen) atoms. The first-order valence-electron chi connectivity index (χ1n) is 8.71. The lowest BCUT2D eigenvalue weighted by atomic mass is 9.85. The number of carbonyl (C=O) groups excluding carboxylic acids is 3. The number of rotatable bonds is 6. The predicted molar refractivity (Wildman–Crippen MR) is 98.3 cm³/mol. The van der Waals surface area contributed by atoms with Gasteiger partial charge in [0.25, 0.3) is 5.91 Å². The van der Waals surface area contributed by atoms with Crippen LogP contribution in [0, 0.1) is 5.82 Å². The Morgan fingerprint density at radius 2 is 1.78 bits per heavy atom. The summed E-state index contributed by atoms with van der Waals surface area (Å²) in [6.07, 6.45) is 1.11. The zero-order chi connectivity index (χ0) is 19.4. The number of halogens is 1. The van der Waals surface area contributed by atoms with Crippen molar-refractivity contribution >= 4 is 23.5 Å². The average molecular weight is 369 g/mol. The molecule has 2 aromatic rings. The first-order valence-corrected chi connectivity index (χ1v) is 8.71. The van der Waals surface area contributed by atoms with Gasteiger partial charge in [0.1, 0.15) is 17.9 Å². The molecule has 0 aromatic heterocycles. The van der Waals surface area contributed by atoms with Gasteiger partial charge in [0.15, 0.2) is 0 Å². The Bertz CT molecular complexity index is 855. The maximum atomic E-state index is 13.1. The van der Waals surface area contributed by atoms with Crippen molar-refractivity contribution in [3.05, 3.63) is 66.0 Å². The summed E-state index contributed by atoms with van der Waals surface area (Å²) in [6.45, 7) is 1.51. The SMILES string of the molecule is CCC[C@@]1(c2ccccc2)NC(=O)N(CC(=O)Nc2ccc(F)cc2)C1=O. The maximum Gasteiger partial charge on any atom is 0.325 e. The monoisotopic (exact) mass is 369 g/mol. The largest absolute Gasteiger partial charge is 0.325 e. The highest BCUT2D eigenvalue weighted by Gasteiger charge is 2.52. The lowest BCUT2D eigenvalue weighted by molar-refractivity contribution is -0.134. The van der Waals surface area contributed by atoms with Crippen LogP contribution in [-0.4, -0.2) is 29.3 Å². The van der Waals surface area contributed by atoms with Gasteiger partial charge in [-0.1, -0.05) is 43.7 Å². The Labute approximate surface area is 156 Å². The quantitative estimate of drug-likeness (QED) is 0.769. The van der Waals surface area contributed by atoms with Gasteiger partial charge >= 0.3 is 6.03 Å². The first kappa shape index (κ1) is 18.6. The van der Waals surface area contributed by atoms with Gasteiger partial charge in [0.2, 0.25) is 5.91 Å². The minimum absolute atomic E-state index is 0.385. The Morgan fingerprint density at radius 1 is 1.11 bits per heavy atom. The van der Waals surface area contributed by atoms with Gasteiger partial charge < -0.3 is 10.6 Å². The molecule has 2 N–H and O–H groups in total. The second-order valence-electron chi connectivity index (χ2n) is 6.40. The van der Waals surface area contributed by atoms with E-state index in [0.29, 0.717) is 24.1 Å². The molecule has 1 fully saturated rings. The summed E-state index contributed by atoms with van der Waals surface area (Å²) in [7, 11) is 0. The zero-order valence-corrected chi connectivity index (χ0v) is 14.9. The number of nitrogens with one attached hydrogen (secondary N) is 2. The molecule has 0 unspecified atom stereocenters. The van der Waals surface area contributed by atoms with Crippen LogP contribution in [0.15, 0.2) is 54.6 Å². The lowest BCUT2D eigenvalue weighted by Gasteiger charge is -2.26. The molecule has 7 heteroatoms. The van der Waals surface area contributed by atoms with Gasteiger partial charge in [-0.05, 0) is 36.2 Å². The number of amides is 4. The summed E-state index contributed by atoms with van der Waals surface area (Å²) < 4.78 is 13.0. The fourth-order valence-corrected chi connectivity index (χ4v) is 3.25. The van der Waals surface area contributed by atoms with Crippen molar-refractivity contribution < 1.29 is 18.8 Å². The molecule has 0 radical (unpaired) electrons. The summed E-state index contributed by atoms with van der Waals surface area (Å²) >= 11 is 0. The smallest absolute Gasteiger partial charge is 0.325 e. The average Bonchev–Trinajstić information content (AvgIpc) is 2.90. The molecular weight excluding hydrogens is 349 g/mol. The van der Waals surface area contributed by atoms with Crippen LogP contribution >= 0.6 is 0 Å². The van der Waals surface area contributed by atoms with Gasteiger partial charge in [0.05, 0.1) is 0 Å². The molecule has 0 spiro atoms. The molecule has 1 aliphatic heterocycles. The standard InChI is InChI=1S/C20H20FN3O3/c1-2-12-20(14-6-4-3-5-7-14)18(26)24(19(27)23-20)13-17(25)22-16-10-8-15(21)9-11-16/h3-11H,2,12-13H2,1H3,(H,22,25)(H,23,27)/t20-/m0/s1. The van der Waals surface area contributed by atoms with Crippen molar-refractivity contribution in [1.29, 1.82) is 0 Å². The van der Waals surface area contributed by atoms with E-state index in [1.165, 1.54) is 24.3 Å². The number of urea groups is 1. The molecule has 0 saturated carbocycles. The molecular formula is C20H20FN3O3. The molecule has 4 amide bonds. The lowest BCUT2D eigenvalue weighted by Crippen LogP contribution is -2.44. The second kappa shape index (κ2) is 7.57. The molecule has 6 nitrogen and oxygen atoms in total. The third-order valence-electron chi connectivity index (χ3n) is 4.50. The van der Waals surface area contributed by atoms with Crippen LogP contribution in [0.25, 0.3) is 0 Å². The summed E-state index contributed by atoms with van der Waals surface area (Å²) in [4.78, 5) is 38.7. The van der Waals surface area contributed by atoms with E-state index < -0.39 is 35.7 Å². The highest BCUT2D eigenvalue weighted by atomic mass is 19.1. The van der Waals surface area contributed by atoms with Crippen molar-refractivity contribution in [3.63, 3.8) is 0 Å². The van der Waals surface area contributed by atoms with E-state index in [9.17, 15) is 18.8 Å². The van der Waals surface area contributed by atoms with Crippen LogP contribution in [0.2, 0.25) is 0 Å². The topological polar surface area (TPSA) is 78.5 Å². The van der Waals surface area contributed by atoms with Crippen molar-refractivity contribution in [2.24, 2.45) is 0 Å². The molecule has 2 aromatic carbocycles. The summed E-state index contributed by atoms with van der Waals surface area (Å²) in [5.41, 5.74) is -0.0912. The van der Waals surface area contributed by atoms with Crippen molar-refractivity contribution in [2.75, 3.05) is 11.9 Å². The Kier molecular flexibility index (Phi) is 5.21. The first-order chi connectivity index (χ1) is 13.0. The molecule has 1 atom stereocenters. The number of nitrogens with zero attached hydrogens (tertiary/aromatic N) is 1.